The molecule has 2 heterocycles. The van der Waals surface area contributed by atoms with Crippen LogP contribution in [-0.2, 0) is 6.42 Å². The largest absolute Gasteiger partial charge is 0.305 e. The van der Waals surface area contributed by atoms with E-state index in [4.69, 9.17) is 0 Å². The van der Waals surface area contributed by atoms with Crippen LogP contribution in [0.25, 0.3) is 0 Å². The Balaban J connectivity index is 1.86. The van der Waals surface area contributed by atoms with Gasteiger partial charge in [-0.2, -0.15) is 0 Å². The Labute approximate surface area is 107 Å². The molecule has 0 unspecified atom stereocenters. The smallest absolute Gasteiger partial charge is 0.304 e. The number of likely N-dealkylation sites (N-methyl/N-ethyl adjacent to an activating group) is 1. The molecule has 0 radical (unpaired) electrons. The summed E-state index contributed by atoms with van der Waals surface area (Å²) in [6.45, 7) is 5.63. The minimum Gasteiger partial charge on any atom is -0.304 e. The number of nitrogens with one attached hydrogen (secondary N) is 2. The molecule has 2 rings (SSSR count). The van der Waals surface area contributed by atoms with Crippen molar-refractivity contribution in [1.82, 2.24) is 30.5 Å². The second kappa shape index (κ2) is 5.92. The number of aromatic nitrogens is 3. The van der Waals surface area contributed by atoms with Crippen LogP contribution in [0.15, 0.2) is 0 Å². The highest BCUT2D eigenvalue weighted by atomic mass is 16.2. The van der Waals surface area contributed by atoms with E-state index in [1.165, 1.54) is 0 Å². The number of carbonyl (C=O) groups is 1. The molecule has 0 aliphatic carbocycles. The van der Waals surface area contributed by atoms with Gasteiger partial charge in [-0.25, -0.2) is 9.99 Å². The minimum absolute atomic E-state index is 0.220. The predicted molar refractivity (Wildman–Crippen MR) is 66.9 cm³/mol. The number of hydrogen-bond donors (Lipinski definition) is 2. The van der Waals surface area contributed by atoms with Crippen molar-refractivity contribution in [3.63, 3.8) is 0 Å². The third kappa shape index (κ3) is 3.27. The van der Waals surface area contributed by atoms with Crippen LogP contribution in [0.3, 0.4) is 0 Å². The molecule has 18 heavy (non-hydrogen) atoms. The number of rotatable bonds is 4. The summed E-state index contributed by atoms with van der Waals surface area (Å²) in [5.41, 5.74) is 2.83. The number of amides is 1. The highest BCUT2D eigenvalue weighted by molar-refractivity contribution is 5.89. The summed E-state index contributed by atoms with van der Waals surface area (Å²) in [4.78, 5) is 18.3. The van der Waals surface area contributed by atoms with Gasteiger partial charge in [-0.05, 0) is 13.5 Å². The molecule has 1 aliphatic rings. The highest BCUT2D eigenvalue weighted by Gasteiger charge is 2.18. The summed E-state index contributed by atoms with van der Waals surface area (Å²) in [5, 5.41) is 8.63. The highest BCUT2D eigenvalue weighted by Crippen LogP contribution is 1.99. The number of nitrogens with zero attached hydrogens (tertiary/aromatic N) is 4. The quantitative estimate of drug-likeness (QED) is 0.766. The molecule has 0 saturated carbocycles. The van der Waals surface area contributed by atoms with Crippen molar-refractivity contribution in [2.24, 2.45) is 0 Å². The van der Waals surface area contributed by atoms with Gasteiger partial charge in [0.1, 0.15) is 5.82 Å². The molecule has 7 heteroatoms. The van der Waals surface area contributed by atoms with Crippen LogP contribution in [0.2, 0.25) is 0 Å². The zero-order valence-electron chi connectivity index (χ0n) is 10.9. The molecular weight excluding hydrogens is 232 g/mol. The van der Waals surface area contributed by atoms with Gasteiger partial charge in [-0.1, -0.05) is 6.92 Å². The Bertz CT molecular complexity index is 396. The molecule has 1 aromatic heterocycles. The molecule has 0 spiro atoms. The monoisotopic (exact) mass is 252 g/mol. The standard InChI is InChI=1S/C11H20N6O/c1-3-4-9-12-10(14-13-9)11(18)15-17-7-5-16(2)6-8-17/h3-8H2,1-2H3,(H,15,18)(H,12,13,14). The third-order valence-corrected chi connectivity index (χ3v) is 2.98. The maximum Gasteiger partial charge on any atom is 0.305 e. The topological polar surface area (TPSA) is 77.2 Å². The van der Waals surface area contributed by atoms with E-state index in [0.717, 1.165) is 44.8 Å². The first kappa shape index (κ1) is 13.0. The molecule has 2 N–H and O–H groups in total. The van der Waals surface area contributed by atoms with Crippen LogP contribution in [0.4, 0.5) is 0 Å². The molecule has 1 aromatic rings. The maximum absolute atomic E-state index is 11.9. The van der Waals surface area contributed by atoms with Crippen LogP contribution < -0.4 is 5.43 Å². The summed E-state index contributed by atoms with van der Waals surface area (Å²) in [6, 6.07) is 0. The second-order valence-corrected chi connectivity index (χ2v) is 4.59. The first-order valence-electron chi connectivity index (χ1n) is 6.34. The number of piperazine rings is 1. The number of aryl methyl sites for hydroxylation is 1. The molecule has 100 valence electrons. The summed E-state index contributed by atoms with van der Waals surface area (Å²) in [6.07, 6.45) is 1.80. The van der Waals surface area contributed by atoms with Gasteiger partial charge in [-0.15, -0.1) is 5.10 Å². The fourth-order valence-electron chi connectivity index (χ4n) is 1.86. The first-order chi connectivity index (χ1) is 8.69. The Morgan fingerprint density at radius 2 is 2.11 bits per heavy atom. The summed E-state index contributed by atoms with van der Waals surface area (Å²) in [5.74, 6) is 0.747. The number of H-pyrrole nitrogens is 1. The van der Waals surface area contributed by atoms with Crippen LogP contribution in [0, 0.1) is 0 Å². The average Bonchev–Trinajstić information content (AvgIpc) is 2.81. The van der Waals surface area contributed by atoms with E-state index in [-0.39, 0.29) is 11.7 Å². The van der Waals surface area contributed by atoms with Gasteiger partial charge in [0.05, 0.1) is 0 Å². The molecule has 0 atom stereocenters. The van der Waals surface area contributed by atoms with Gasteiger partial charge in [-0.3, -0.25) is 15.3 Å². The molecule has 1 saturated heterocycles. The molecule has 1 aliphatic heterocycles. The van der Waals surface area contributed by atoms with Crippen molar-refractivity contribution < 1.29 is 4.79 Å². The van der Waals surface area contributed by atoms with E-state index >= 15 is 0 Å². The van der Waals surface area contributed by atoms with Crippen molar-refractivity contribution >= 4 is 5.91 Å². The van der Waals surface area contributed by atoms with Gasteiger partial charge in [0.15, 0.2) is 0 Å². The van der Waals surface area contributed by atoms with E-state index in [2.05, 4.69) is 39.5 Å². The Morgan fingerprint density at radius 1 is 1.39 bits per heavy atom. The lowest BCUT2D eigenvalue weighted by atomic mass is 10.3. The lowest BCUT2D eigenvalue weighted by Crippen LogP contribution is -2.52. The summed E-state index contributed by atoms with van der Waals surface area (Å²) < 4.78 is 0. The summed E-state index contributed by atoms with van der Waals surface area (Å²) in [7, 11) is 2.07. The molecule has 1 fully saturated rings. The van der Waals surface area contributed by atoms with E-state index in [1.807, 2.05) is 5.01 Å². The van der Waals surface area contributed by atoms with Crippen molar-refractivity contribution in [3.05, 3.63) is 11.6 Å². The number of aromatic amines is 1. The number of hydrazine groups is 1. The minimum atomic E-state index is -0.238. The Hall–Kier alpha value is -1.47. The van der Waals surface area contributed by atoms with E-state index < -0.39 is 0 Å². The van der Waals surface area contributed by atoms with Crippen molar-refractivity contribution in [2.75, 3.05) is 33.2 Å². The van der Waals surface area contributed by atoms with Gasteiger partial charge in [0.25, 0.3) is 0 Å². The lowest BCUT2D eigenvalue weighted by Gasteiger charge is -2.31. The molecule has 7 nitrogen and oxygen atoms in total. The van der Waals surface area contributed by atoms with Crippen molar-refractivity contribution in [1.29, 1.82) is 0 Å². The van der Waals surface area contributed by atoms with Crippen LogP contribution in [0.1, 0.15) is 29.8 Å². The maximum atomic E-state index is 11.9. The van der Waals surface area contributed by atoms with Gasteiger partial charge >= 0.3 is 5.91 Å². The first-order valence-corrected chi connectivity index (χ1v) is 6.34. The van der Waals surface area contributed by atoms with Gasteiger partial charge < -0.3 is 4.90 Å². The molecule has 0 aromatic carbocycles. The Kier molecular flexibility index (Phi) is 4.27. The normalized spacial score (nSPS) is 17.9. The van der Waals surface area contributed by atoms with E-state index in [1.54, 1.807) is 0 Å². The Morgan fingerprint density at radius 3 is 2.78 bits per heavy atom. The third-order valence-electron chi connectivity index (χ3n) is 2.98. The zero-order valence-corrected chi connectivity index (χ0v) is 10.9. The molecule has 0 bridgehead atoms. The zero-order chi connectivity index (χ0) is 13.0. The molecular formula is C11H20N6O. The van der Waals surface area contributed by atoms with Crippen molar-refractivity contribution in [2.45, 2.75) is 19.8 Å². The fraction of sp³-hybridized carbons (Fsp3) is 0.727. The summed E-state index contributed by atoms with van der Waals surface area (Å²) >= 11 is 0. The van der Waals surface area contributed by atoms with Crippen LogP contribution >= 0.6 is 0 Å². The van der Waals surface area contributed by atoms with Gasteiger partial charge in [0.2, 0.25) is 5.82 Å². The number of hydrogen-bond acceptors (Lipinski definition) is 5. The average molecular weight is 252 g/mol. The van der Waals surface area contributed by atoms with Crippen molar-refractivity contribution in [3.8, 4) is 0 Å². The lowest BCUT2D eigenvalue weighted by molar-refractivity contribution is 0.0653. The second-order valence-electron chi connectivity index (χ2n) is 4.59. The predicted octanol–water partition coefficient (Wildman–Crippen LogP) is -0.351. The van der Waals surface area contributed by atoms with Crippen LogP contribution in [0.5, 0.6) is 0 Å². The van der Waals surface area contributed by atoms with E-state index in [0.29, 0.717) is 0 Å². The van der Waals surface area contributed by atoms with E-state index in [9.17, 15) is 4.79 Å². The fourth-order valence-corrected chi connectivity index (χ4v) is 1.86. The van der Waals surface area contributed by atoms with Gasteiger partial charge in [0, 0.05) is 32.6 Å². The van der Waals surface area contributed by atoms with Crippen LogP contribution in [-0.4, -0.2) is 64.2 Å². The molecule has 1 amide bonds. The SMILES string of the molecule is CCCc1nc(C(=O)NN2CCN(C)CC2)n[nH]1. The number of carbonyl (C=O) groups excluding carboxylic acids is 1.